The molecule has 0 aliphatic carbocycles. The first-order chi connectivity index (χ1) is 6.70. The van der Waals surface area contributed by atoms with Crippen LogP contribution in [-0.2, 0) is 6.42 Å². The third-order valence-corrected chi connectivity index (χ3v) is 1.84. The highest BCUT2D eigenvalue weighted by Crippen LogP contribution is 2.31. The fourth-order valence-corrected chi connectivity index (χ4v) is 1.25. The van der Waals surface area contributed by atoms with Gasteiger partial charge >= 0.3 is 0 Å². The lowest BCUT2D eigenvalue weighted by Crippen LogP contribution is -1.97. The predicted octanol–water partition coefficient (Wildman–Crippen LogP) is 2.70. The molecule has 0 fully saturated rings. The number of nitrogens with zero attached hydrogens (tertiary/aromatic N) is 1. The number of benzene rings is 1. The summed E-state index contributed by atoms with van der Waals surface area (Å²) in [5, 5.41) is 8.48. The van der Waals surface area contributed by atoms with Crippen LogP contribution in [0, 0.1) is 11.3 Å². The highest BCUT2D eigenvalue weighted by Gasteiger charge is 2.16. The summed E-state index contributed by atoms with van der Waals surface area (Å²) >= 11 is 0. The van der Waals surface area contributed by atoms with Crippen LogP contribution in [0.15, 0.2) is 18.2 Å². The Hall–Kier alpha value is -1.63. The number of halogens is 2. The Labute approximate surface area is 80.7 Å². The second-order valence-electron chi connectivity index (χ2n) is 2.68. The molecule has 0 aromatic heterocycles. The fraction of sp³-hybridized carbons (Fsp3) is 0.300. The zero-order chi connectivity index (χ0) is 10.6. The number of rotatable bonds is 3. The third-order valence-electron chi connectivity index (χ3n) is 1.84. The van der Waals surface area contributed by atoms with E-state index in [9.17, 15) is 8.78 Å². The molecule has 0 bridgehead atoms. The van der Waals surface area contributed by atoms with E-state index in [1.807, 2.05) is 6.07 Å². The standard InChI is InChI=1S/C10H9F2NO/c1-14-9-7(5-6-13)3-2-4-8(9)10(11)12/h2-4,10H,5H2,1H3. The number of para-hydroxylation sites is 1. The van der Waals surface area contributed by atoms with Crippen LogP contribution in [0.4, 0.5) is 8.78 Å². The average Bonchev–Trinajstić information content (AvgIpc) is 2.18. The van der Waals surface area contributed by atoms with Gasteiger partial charge in [0, 0.05) is 5.56 Å². The molecule has 2 nitrogen and oxygen atoms in total. The average molecular weight is 197 g/mol. The van der Waals surface area contributed by atoms with Crippen LogP contribution in [0.5, 0.6) is 5.75 Å². The number of hydrogen-bond acceptors (Lipinski definition) is 2. The Bertz CT molecular complexity index is 358. The SMILES string of the molecule is COc1c(CC#N)cccc1C(F)F. The minimum Gasteiger partial charge on any atom is -0.496 e. The predicted molar refractivity (Wildman–Crippen MR) is 47.3 cm³/mol. The Morgan fingerprint density at radius 2 is 2.21 bits per heavy atom. The number of hydrogen-bond donors (Lipinski definition) is 0. The molecule has 74 valence electrons. The number of nitriles is 1. The van der Waals surface area contributed by atoms with Gasteiger partial charge in [-0.15, -0.1) is 0 Å². The lowest BCUT2D eigenvalue weighted by Gasteiger charge is -2.10. The maximum absolute atomic E-state index is 12.5. The molecule has 1 aromatic carbocycles. The minimum atomic E-state index is -2.58. The van der Waals surface area contributed by atoms with Gasteiger partial charge in [0.25, 0.3) is 6.43 Å². The molecular formula is C10H9F2NO. The van der Waals surface area contributed by atoms with Crippen molar-refractivity contribution in [3.05, 3.63) is 29.3 Å². The van der Waals surface area contributed by atoms with E-state index < -0.39 is 6.43 Å². The molecule has 0 unspecified atom stereocenters. The van der Waals surface area contributed by atoms with E-state index in [-0.39, 0.29) is 17.7 Å². The van der Waals surface area contributed by atoms with Gasteiger partial charge in [0.2, 0.25) is 0 Å². The molecule has 0 N–H and O–H groups in total. The maximum atomic E-state index is 12.5. The summed E-state index contributed by atoms with van der Waals surface area (Å²) in [6, 6.07) is 6.30. The number of methoxy groups -OCH3 is 1. The second-order valence-corrected chi connectivity index (χ2v) is 2.68. The van der Waals surface area contributed by atoms with E-state index in [1.165, 1.54) is 19.2 Å². The van der Waals surface area contributed by atoms with Crippen molar-refractivity contribution in [3.8, 4) is 11.8 Å². The van der Waals surface area contributed by atoms with Crippen LogP contribution in [-0.4, -0.2) is 7.11 Å². The van der Waals surface area contributed by atoms with Gasteiger partial charge < -0.3 is 4.74 Å². The van der Waals surface area contributed by atoms with Crippen LogP contribution in [0.25, 0.3) is 0 Å². The van der Waals surface area contributed by atoms with Gasteiger partial charge in [-0.05, 0) is 6.07 Å². The van der Waals surface area contributed by atoms with Gasteiger partial charge in [0.1, 0.15) is 5.75 Å². The van der Waals surface area contributed by atoms with Crippen molar-refractivity contribution in [2.45, 2.75) is 12.8 Å². The van der Waals surface area contributed by atoms with E-state index in [0.717, 1.165) is 0 Å². The summed E-state index contributed by atoms with van der Waals surface area (Å²) < 4.78 is 29.8. The van der Waals surface area contributed by atoms with E-state index in [1.54, 1.807) is 6.07 Å². The largest absolute Gasteiger partial charge is 0.496 e. The first-order valence-corrected chi connectivity index (χ1v) is 4.01. The van der Waals surface area contributed by atoms with E-state index >= 15 is 0 Å². The van der Waals surface area contributed by atoms with Crippen molar-refractivity contribution in [2.75, 3.05) is 7.11 Å². The van der Waals surface area contributed by atoms with Crippen molar-refractivity contribution >= 4 is 0 Å². The van der Waals surface area contributed by atoms with Gasteiger partial charge in [0.15, 0.2) is 0 Å². The van der Waals surface area contributed by atoms with Gasteiger partial charge in [-0.1, -0.05) is 12.1 Å². The van der Waals surface area contributed by atoms with Crippen LogP contribution in [0.3, 0.4) is 0 Å². The molecule has 0 aliphatic rings. The second kappa shape index (κ2) is 4.56. The topological polar surface area (TPSA) is 33.0 Å². The van der Waals surface area contributed by atoms with Gasteiger partial charge in [-0.25, -0.2) is 8.78 Å². The van der Waals surface area contributed by atoms with Crippen LogP contribution in [0.2, 0.25) is 0 Å². The van der Waals surface area contributed by atoms with Crippen molar-refractivity contribution < 1.29 is 13.5 Å². The zero-order valence-electron chi connectivity index (χ0n) is 7.63. The van der Waals surface area contributed by atoms with Crippen LogP contribution >= 0.6 is 0 Å². The molecule has 0 saturated carbocycles. The van der Waals surface area contributed by atoms with E-state index in [2.05, 4.69) is 0 Å². The van der Waals surface area contributed by atoms with Crippen molar-refractivity contribution in [1.82, 2.24) is 0 Å². The summed E-state index contributed by atoms with van der Waals surface area (Å²) in [5.41, 5.74) is 0.327. The summed E-state index contributed by atoms with van der Waals surface area (Å²) in [7, 11) is 1.32. The molecule has 0 spiro atoms. The first-order valence-electron chi connectivity index (χ1n) is 4.01. The lowest BCUT2D eigenvalue weighted by atomic mass is 10.1. The zero-order valence-corrected chi connectivity index (χ0v) is 7.63. The lowest BCUT2D eigenvalue weighted by molar-refractivity contribution is 0.147. The Morgan fingerprint density at radius 3 is 2.71 bits per heavy atom. The van der Waals surface area contributed by atoms with Crippen LogP contribution < -0.4 is 4.74 Å². The molecule has 0 radical (unpaired) electrons. The monoisotopic (exact) mass is 197 g/mol. The smallest absolute Gasteiger partial charge is 0.267 e. The highest BCUT2D eigenvalue weighted by atomic mass is 19.3. The van der Waals surface area contributed by atoms with Crippen molar-refractivity contribution in [1.29, 1.82) is 5.26 Å². The molecule has 4 heteroatoms. The van der Waals surface area contributed by atoms with Gasteiger partial charge in [-0.2, -0.15) is 5.26 Å². The fourth-order valence-electron chi connectivity index (χ4n) is 1.25. The molecule has 0 heterocycles. The van der Waals surface area contributed by atoms with Crippen LogP contribution in [0.1, 0.15) is 17.6 Å². The maximum Gasteiger partial charge on any atom is 0.267 e. The summed E-state index contributed by atoms with van der Waals surface area (Å²) in [4.78, 5) is 0. The summed E-state index contributed by atoms with van der Waals surface area (Å²) in [6.07, 6.45) is -2.51. The Kier molecular flexibility index (Phi) is 3.41. The molecule has 0 amide bonds. The molecule has 0 atom stereocenters. The molecular weight excluding hydrogens is 188 g/mol. The van der Waals surface area contributed by atoms with Crippen molar-refractivity contribution in [3.63, 3.8) is 0 Å². The first kappa shape index (κ1) is 10.5. The summed E-state index contributed by atoms with van der Waals surface area (Å²) in [6.45, 7) is 0. The molecule has 1 aromatic rings. The quantitative estimate of drug-likeness (QED) is 0.746. The summed E-state index contributed by atoms with van der Waals surface area (Å²) in [5.74, 6) is 0.115. The number of alkyl halides is 2. The third kappa shape index (κ3) is 1.99. The van der Waals surface area contributed by atoms with E-state index in [4.69, 9.17) is 10.00 Å². The van der Waals surface area contributed by atoms with Gasteiger partial charge in [0.05, 0.1) is 25.2 Å². The van der Waals surface area contributed by atoms with E-state index in [0.29, 0.717) is 5.56 Å². The van der Waals surface area contributed by atoms with Gasteiger partial charge in [-0.3, -0.25) is 0 Å². The molecule has 14 heavy (non-hydrogen) atoms. The van der Waals surface area contributed by atoms with Crippen molar-refractivity contribution in [2.24, 2.45) is 0 Å². The number of ether oxygens (including phenoxy) is 1. The highest BCUT2D eigenvalue weighted by molar-refractivity contribution is 5.43. The Morgan fingerprint density at radius 1 is 1.50 bits per heavy atom. The Balaban J connectivity index is 3.19. The minimum absolute atomic E-state index is 0.0731. The molecule has 1 rings (SSSR count). The molecule has 0 saturated heterocycles. The molecule has 0 aliphatic heterocycles. The normalized spacial score (nSPS) is 9.93.